The van der Waals surface area contributed by atoms with Gasteiger partial charge in [0, 0.05) is 30.7 Å². The molecule has 322 valence electrons. The Balaban J connectivity index is 1.26. The maximum atomic E-state index is 15.1. The Kier molecular flexibility index (Phi) is 12.5. The number of hydrogen-bond acceptors (Lipinski definition) is 12. The fourth-order valence-electron chi connectivity index (χ4n) is 13.9. The number of nitrogens with one attached hydrogen (secondary N) is 2. The van der Waals surface area contributed by atoms with Crippen molar-refractivity contribution < 1.29 is 45.3 Å². The molecule has 0 spiro atoms. The van der Waals surface area contributed by atoms with Gasteiger partial charge in [0.2, 0.25) is 0 Å². The van der Waals surface area contributed by atoms with Gasteiger partial charge in [0.15, 0.2) is 5.78 Å². The predicted molar refractivity (Wildman–Crippen MR) is 216 cm³/mol. The van der Waals surface area contributed by atoms with E-state index in [2.05, 4.69) is 24.5 Å². The fraction of sp³-hybridized carbons (Fsp3) is 0.844. The molecule has 0 aromatic heterocycles. The average Bonchev–Trinajstić information content (AvgIpc) is 3.57. The summed E-state index contributed by atoms with van der Waals surface area (Å²) < 4.78 is 6.72. The lowest BCUT2D eigenvalue weighted by Crippen LogP contribution is -2.66. The van der Waals surface area contributed by atoms with Gasteiger partial charge in [-0.25, -0.2) is 0 Å². The minimum atomic E-state index is -1.70. The van der Waals surface area contributed by atoms with E-state index in [1.165, 1.54) is 12.8 Å². The van der Waals surface area contributed by atoms with E-state index in [0.29, 0.717) is 49.5 Å². The Morgan fingerprint density at radius 2 is 1.82 bits per heavy atom. The van der Waals surface area contributed by atoms with Gasteiger partial charge < -0.3 is 56.8 Å². The summed E-state index contributed by atoms with van der Waals surface area (Å²) in [6.45, 7) is 7.48. The van der Waals surface area contributed by atoms with Crippen LogP contribution < -0.4 is 16.4 Å². The number of aliphatic hydroxyl groups excluding tert-OH is 5. The first-order chi connectivity index (χ1) is 27.0. The quantitative estimate of drug-likeness (QED) is 0.130. The van der Waals surface area contributed by atoms with Crippen LogP contribution in [0.3, 0.4) is 0 Å². The predicted octanol–water partition coefficient (Wildman–Crippen LogP) is 3.06. The molecule has 7 aliphatic rings. The smallest absolute Gasteiger partial charge is 0.182 e. The molecular weight excluding hydrogens is 727 g/mol. The monoisotopic (exact) mass is 800 g/mol. The molecule has 17 atom stereocenters. The highest BCUT2D eigenvalue weighted by Gasteiger charge is 2.73. The van der Waals surface area contributed by atoms with Crippen molar-refractivity contribution in [3.05, 3.63) is 35.2 Å². The summed E-state index contributed by atoms with van der Waals surface area (Å²) in [5, 5.41) is 88.9. The molecule has 57 heavy (non-hydrogen) atoms. The third kappa shape index (κ3) is 7.28. The number of ketones is 1. The molecule has 4 saturated carbocycles. The second-order valence-corrected chi connectivity index (χ2v) is 19.8. The summed E-state index contributed by atoms with van der Waals surface area (Å²) in [5.74, 6) is -0.900. The molecule has 0 aromatic rings. The molecule has 2 aliphatic heterocycles. The van der Waals surface area contributed by atoms with Gasteiger partial charge in [-0.15, -0.1) is 0 Å². The third-order valence-electron chi connectivity index (χ3n) is 16.8. The summed E-state index contributed by atoms with van der Waals surface area (Å²) >= 11 is 0. The SMILES string of the molecule is CCCC1CCC2OC(C(O)C(C)(O)C3CCC4(O)C5=C(NCC(C)O)C(=O)C6CC(O)C(O)CC6(CCC6=CNC(N)C=C6)C5CCC34CCO)C(C)C2CC1. The number of Topliss-reactive ketones (excluding diaryl/α,β-unsaturated/α-hetero) is 1. The lowest BCUT2D eigenvalue weighted by Gasteiger charge is -2.63. The van der Waals surface area contributed by atoms with E-state index < -0.39 is 64.4 Å². The molecule has 0 aromatic carbocycles. The summed E-state index contributed by atoms with van der Waals surface area (Å²) in [4.78, 5) is 15.1. The van der Waals surface area contributed by atoms with Crippen molar-refractivity contribution in [3.63, 3.8) is 0 Å². The standard InChI is InChI=1S/C45H73N3O9/c1-5-6-27-7-10-29-26(3)40(57-34(29)11-8-27)41(54)42(4,55)35-15-18-45(56)37-30(14-17-44(35,45)19-20-49)43(16-13-28-9-12-36(46)47-24-28)22-33(52)32(51)21-31(43)39(53)38(37)48-23-25(2)50/h9,12,24-27,29-36,40-41,47-52,54-56H,5-8,10-11,13-23,46H2,1-4H3. The van der Waals surface area contributed by atoms with Crippen LogP contribution in [0.25, 0.3) is 0 Å². The van der Waals surface area contributed by atoms with E-state index in [1.807, 2.05) is 18.4 Å². The van der Waals surface area contributed by atoms with Crippen molar-refractivity contribution in [2.75, 3.05) is 13.2 Å². The zero-order chi connectivity index (χ0) is 41.1. The minimum absolute atomic E-state index is 0.0292. The van der Waals surface area contributed by atoms with Crippen LogP contribution in [0, 0.1) is 46.3 Å². The van der Waals surface area contributed by atoms with Gasteiger partial charge in [-0.1, -0.05) is 39.2 Å². The van der Waals surface area contributed by atoms with Crippen molar-refractivity contribution in [1.29, 1.82) is 0 Å². The molecule has 5 fully saturated rings. The number of carbonyl (C=O) groups excluding carboxylic acids is 1. The largest absolute Gasteiger partial charge is 0.396 e. The van der Waals surface area contributed by atoms with Crippen LogP contribution >= 0.6 is 0 Å². The number of allylic oxidation sites excluding steroid dienone is 3. The minimum Gasteiger partial charge on any atom is -0.396 e. The first-order valence-electron chi connectivity index (χ1n) is 22.4. The van der Waals surface area contributed by atoms with Gasteiger partial charge >= 0.3 is 0 Å². The van der Waals surface area contributed by atoms with Crippen LogP contribution in [0.2, 0.25) is 0 Å². The van der Waals surface area contributed by atoms with Crippen molar-refractivity contribution in [1.82, 2.24) is 10.6 Å². The molecule has 0 bridgehead atoms. The van der Waals surface area contributed by atoms with Crippen LogP contribution in [0.15, 0.2) is 35.2 Å². The Morgan fingerprint density at radius 1 is 1.07 bits per heavy atom. The van der Waals surface area contributed by atoms with E-state index in [0.717, 1.165) is 31.3 Å². The van der Waals surface area contributed by atoms with Gasteiger partial charge in [-0.2, -0.15) is 0 Å². The van der Waals surface area contributed by atoms with Crippen molar-refractivity contribution in [3.8, 4) is 0 Å². The number of dihydropyridines is 1. The summed E-state index contributed by atoms with van der Waals surface area (Å²) in [6, 6.07) is 0. The maximum Gasteiger partial charge on any atom is 0.182 e. The first-order valence-corrected chi connectivity index (χ1v) is 22.4. The van der Waals surface area contributed by atoms with Gasteiger partial charge in [0.1, 0.15) is 6.10 Å². The summed E-state index contributed by atoms with van der Waals surface area (Å²) in [5.41, 5.74) is 2.52. The normalized spacial score (nSPS) is 45.1. The Morgan fingerprint density at radius 3 is 2.51 bits per heavy atom. The van der Waals surface area contributed by atoms with E-state index in [1.54, 1.807) is 13.8 Å². The molecule has 7 rings (SSSR count). The average molecular weight is 800 g/mol. The second-order valence-electron chi connectivity index (χ2n) is 19.8. The molecule has 0 radical (unpaired) electrons. The van der Waals surface area contributed by atoms with Crippen LogP contribution in [0.4, 0.5) is 0 Å². The number of ether oxygens (including phenoxy) is 1. The van der Waals surface area contributed by atoms with Crippen molar-refractivity contribution >= 4 is 5.78 Å². The summed E-state index contributed by atoms with van der Waals surface area (Å²) in [6.07, 6.45) is 10.3. The number of nitrogens with two attached hydrogens (primary N) is 1. The van der Waals surface area contributed by atoms with Gasteiger partial charge in [-0.3, -0.25) is 4.79 Å². The van der Waals surface area contributed by atoms with Gasteiger partial charge in [0.05, 0.1) is 53.6 Å². The second kappa shape index (κ2) is 16.5. The molecule has 12 heteroatoms. The topological polar surface area (TPSA) is 218 Å². The molecule has 5 aliphatic carbocycles. The highest BCUT2D eigenvalue weighted by atomic mass is 16.5. The summed E-state index contributed by atoms with van der Waals surface area (Å²) in [7, 11) is 0. The zero-order valence-electron chi connectivity index (χ0n) is 34.8. The number of hydrogen-bond donors (Lipinski definition) is 10. The van der Waals surface area contributed by atoms with Crippen LogP contribution in [-0.2, 0) is 9.53 Å². The fourth-order valence-corrected chi connectivity index (χ4v) is 13.9. The Hall–Kier alpha value is -1.87. The van der Waals surface area contributed by atoms with E-state index in [9.17, 15) is 35.7 Å². The van der Waals surface area contributed by atoms with Crippen LogP contribution in [0.1, 0.15) is 124 Å². The van der Waals surface area contributed by atoms with Crippen LogP contribution in [-0.4, -0.2) is 109 Å². The van der Waals surface area contributed by atoms with Crippen LogP contribution in [0.5, 0.6) is 0 Å². The first kappa shape index (κ1) is 43.2. The van der Waals surface area contributed by atoms with E-state index in [-0.39, 0.29) is 74.4 Å². The number of fused-ring (bicyclic) bond motifs is 6. The lowest BCUT2D eigenvalue weighted by atomic mass is 9.43. The molecule has 12 nitrogen and oxygen atoms in total. The molecule has 11 N–H and O–H groups in total. The van der Waals surface area contributed by atoms with E-state index in [4.69, 9.17) is 10.5 Å². The third-order valence-corrected chi connectivity index (χ3v) is 16.8. The highest BCUT2D eigenvalue weighted by molar-refractivity contribution is 6.00. The zero-order valence-corrected chi connectivity index (χ0v) is 34.8. The van der Waals surface area contributed by atoms with Gasteiger partial charge in [0.25, 0.3) is 0 Å². The number of aliphatic hydroxyl groups is 7. The van der Waals surface area contributed by atoms with Crippen molar-refractivity contribution in [2.45, 2.75) is 178 Å². The molecule has 17 unspecified atom stereocenters. The maximum absolute atomic E-state index is 15.1. The molecule has 2 heterocycles. The number of carbonyl (C=O) groups is 1. The Labute approximate surface area is 339 Å². The van der Waals surface area contributed by atoms with Gasteiger partial charge in [-0.05, 0) is 143 Å². The molecular formula is C45H73N3O9. The lowest BCUT2D eigenvalue weighted by molar-refractivity contribution is -0.207. The Bertz CT molecular complexity index is 1570. The van der Waals surface area contributed by atoms with Crippen molar-refractivity contribution in [2.24, 2.45) is 52.1 Å². The number of rotatable bonds is 13. The molecule has 1 saturated heterocycles. The molecule has 0 amide bonds. The van der Waals surface area contributed by atoms with E-state index >= 15 is 4.79 Å². The highest BCUT2D eigenvalue weighted by Crippen LogP contribution is 2.71.